The number of alkyl halides is 3. The largest absolute Gasteiger partial charge is 0.481 e. The summed E-state index contributed by atoms with van der Waals surface area (Å²) in [6.45, 7) is 4.38. The van der Waals surface area contributed by atoms with E-state index in [1.165, 1.54) is 6.07 Å². The van der Waals surface area contributed by atoms with Gasteiger partial charge in [-0.05, 0) is 59.2 Å². The molecule has 6 nitrogen and oxygen atoms in total. The van der Waals surface area contributed by atoms with E-state index >= 15 is 0 Å². The number of aromatic nitrogens is 1. The maximum atomic E-state index is 13.3. The van der Waals surface area contributed by atoms with Crippen LogP contribution in [0.3, 0.4) is 0 Å². The standard InChI is InChI=1S/C35H34F3N3O3/c1-34(2,33(42)43)27-9-7-8-25(18-27)24-14-12-23(13-15-24)20-41(22-28-16-17-31(44-28)35(36,37)38)21-26-19-39-32(40(3)4)30-11-6-5-10-29(26)30/h5-19H,20-22H2,1-4H3,(H,42,43). The molecule has 0 atom stereocenters. The second-order valence-corrected chi connectivity index (χ2v) is 11.7. The van der Waals surface area contributed by atoms with Crippen molar-refractivity contribution in [1.82, 2.24) is 9.88 Å². The highest BCUT2D eigenvalue weighted by atomic mass is 19.4. The fourth-order valence-corrected chi connectivity index (χ4v) is 5.23. The molecule has 228 valence electrons. The molecular formula is C35H34F3N3O3. The zero-order valence-corrected chi connectivity index (χ0v) is 25.0. The quantitative estimate of drug-likeness (QED) is 0.174. The monoisotopic (exact) mass is 601 g/mol. The van der Waals surface area contributed by atoms with Crippen LogP contribution in [0.1, 0.15) is 42.1 Å². The summed E-state index contributed by atoms with van der Waals surface area (Å²) in [5.41, 5.74) is 3.41. The minimum Gasteiger partial charge on any atom is -0.481 e. The van der Waals surface area contributed by atoms with E-state index in [4.69, 9.17) is 4.42 Å². The Kier molecular flexibility index (Phi) is 8.52. The number of rotatable bonds is 10. The first-order chi connectivity index (χ1) is 20.8. The SMILES string of the molecule is CN(C)c1ncc(CN(Cc2ccc(-c3cccc(C(C)(C)C(=O)O)c3)cc2)Cc2ccc(C(F)(F)F)o2)c2ccccc12. The maximum Gasteiger partial charge on any atom is 0.449 e. The normalized spacial score (nSPS) is 12.2. The second-order valence-electron chi connectivity index (χ2n) is 11.7. The Bertz CT molecular complexity index is 1780. The first-order valence-electron chi connectivity index (χ1n) is 14.2. The van der Waals surface area contributed by atoms with Gasteiger partial charge in [-0.2, -0.15) is 13.2 Å². The van der Waals surface area contributed by atoms with Crippen LogP contribution in [0.2, 0.25) is 0 Å². The summed E-state index contributed by atoms with van der Waals surface area (Å²) in [6, 6.07) is 25.7. The van der Waals surface area contributed by atoms with Gasteiger partial charge in [0.25, 0.3) is 0 Å². The number of carboxylic acid groups (broad SMARTS) is 1. The first kappa shape index (κ1) is 30.8. The molecule has 0 amide bonds. The number of aliphatic carboxylic acids is 1. The Balaban J connectivity index is 1.44. The van der Waals surface area contributed by atoms with Crippen LogP contribution >= 0.6 is 0 Å². The third kappa shape index (κ3) is 6.63. The lowest BCUT2D eigenvalue weighted by Crippen LogP contribution is -2.28. The molecule has 0 spiro atoms. The van der Waals surface area contributed by atoms with Gasteiger partial charge >= 0.3 is 12.1 Å². The molecule has 5 aromatic rings. The molecule has 9 heteroatoms. The molecule has 44 heavy (non-hydrogen) atoms. The predicted molar refractivity (Wildman–Crippen MR) is 165 cm³/mol. The van der Waals surface area contributed by atoms with E-state index in [0.717, 1.165) is 44.9 Å². The van der Waals surface area contributed by atoms with E-state index in [-0.39, 0.29) is 12.3 Å². The average Bonchev–Trinajstić information content (AvgIpc) is 3.47. The van der Waals surface area contributed by atoms with Gasteiger partial charge < -0.3 is 14.4 Å². The van der Waals surface area contributed by atoms with Gasteiger partial charge in [-0.3, -0.25) is 9.69 Å². The van der Waals surface area contributed by atoms with Crippen molar-refractivity contribution < 1.29 is 27.5 Å². The third-order valence-electron chi connectivity index (χ3n) is 7.81. The van der Waals surface area contributed by atoms with E-state index in [1.807, 2.05) is 103 Å². The fraction of sp³-hybridized carbons (Fsp3) is 0.257. The summed E-state index contributed by atoms with van der Waals surface area (Å²) < 4.78 is 45.0. The number of hydrogen-bond donors (Lipinski definition) is 1. The molecule has 1 N–H and O–H groups in total. The summed E-state index contributed by atoms with van der Waals surface area (Å²) in [6.07, 6.45) is -2.74. The number of carbonyl (C=O) groups is 1. The van der Waals surface area contributed by atoms with E-state index in [2.05, 4.69) is 4.98 Å². The van der Waals surface area contributed by atoms with Crippen molar-refractivity contribution in [2.24, 2.45) is 0 Å². The van der Waals surface area contributed by atoms with Crippen LogP contribution in [-0.2, 0) is 36.0 Å². The van der Waals surface area contributed by atoms with Crippen LogP contribution in [0, 0.1) is 0 Å². The van der Waals surface area contributed by atoms with Crippen molar-refractivity contribution in [3.8, 4) is 11.1 Å². The zero-order valence-electron chi connectivity index (χ0n) is 25.0. The Morgan fingerprint density at radius 1 is 0.841 bits per heavy atom. The van der Waals surface area contributed by atoms with Crippen molar-refractivity contribution >= 4 is 22.6 Å². The smallest absolute Gasteiger partial charge is 0.449 e. The molecule has 0 aliphatic rings. The Hall–Kier alpha value is -4.63. The Morgan fingerprint density at radius 3 is 2.18 bits per heavy atom. The number of nitrogens with zero attached hydrogens (tertiary/aromatic N) is 3. The summed E-state index contributed by atoms with van der Waals surface area (Å²) in [5, 5.41) is 11.7. The van der Waals surface area contributed by atoms with Crippen molar-refractivity contribution in [1.29, 1.82) is 0 Å². The van der Waals surface area contributed by atoms with E-state index in [1.54, 1.807) is 13.8 Å². The number of hydrogen-bond acceptors (Lipinski definition) is 5. The molecule has 3 aromatic carbocycles. The second kappa shape index (κ2) is 12.2. The zero-order chi connectivity index (χ0) is 31.6. The van der Waals surface area contributed by atoms with Gasteiger partial charge in [0.15, 0.2) is 0 Å². The topological polar surface area (TPSA) is 69.8 Å². The minimum absolute atomic E-state index is 0.161. The molecule has 0 saturated heterocycles. The molecular weight excluding hydrogens is 567 g/mol. The molecule has 5 rings (SSSR count). The summed E-state index contributed by atoms with van der Waals surface area (Å²) >= 11 is 0. The maximum absolute atomic E-state index is 13.3. The van der Waals surface area contributed by atoms with Gasteiger partial charge in [-0.1, -0.05) is 72.8 Å². The van der Waals surface area contributed by atoms with Crippen LogP contribution in [0.5, 0.6) is 0 Å². The average molecular weight is 602 g/mol. The van der Waals surface area contributed by atoms with E-state index in [9.17, 15) is 23.1 Å². The van der Waals surface area contributed by atoms with Crippen LogP contribution < -0.4 is 4.90 Å². The molecule has 0 unspecified atom stereocenters. The summed E-state index contributed by atoms with van der Waals surface area (Å²) in [5.74, 6) is -0.868. The fourth-order valence-electron chi connectivity index (χ4n) is 5.23. The summed E-state index contributed by atoms with van der Waals surface area (Å²) in [4.78, 5) is 20.4. The molecule has 0 bridgehead atoms. The highest BCUT2D eigenvalue weighted by Gasteiger charge is 2.35. The lowest BCUT2D eigenvalue weighted by Gasteiger charge is -2.24. The van der Waals surface area contributed by atoms with Crippen molar-refractivity contribution in [3.63, 3.8) is 0 Å². The van der Waals surface area contributed by atoms with Gasteiger partial charge in [0.05, 0.1) is 12.0 Å². The van der Waals surface area contributed by atoms with E-state index < -0.39 is 23.3 Å². The van der Waals surface area contributed by atoms with Gasteiger partial charge in [0, 0.05) is 38.8 Å². The molecule has 0 radical (unpaired) electrons. The van der Waals surface area contributed by atoms with Crippen LogP contribution in [0.15, 0.2) is 95.5 Å². The minimum atomic E-state index is -4.56. The number of pyridine rings is 1. The molecule has 0 aliphatic heterocycles. The van der Waals surface area contributed by atoms with E-state index in [0.29, 0.717) is 18.7 Å². The number of benzene rings is 3. The van der Waals surface area contributed by atoms with Crippen LogP contribution in [0.25, 0.3) is 21.9 Å². The van der Waals surface area contributed by atoms with Gasteiger partial charge in [-0.15, -0.1) is 0 Å². The molecule has 0 aliphatic carbocycles. The Labute approximate surface area is 254 Å². The number of anilines is 1. The van der Waals surface area contributed by atoms with Gasteiger partial charge in [0.2, 0.25) is 5.76 Å². The highest BCUT2D eigenvalue weighted by Crippen LogP contribution is 2.33. The van der Waals surface area contributed by atoms with Gasteiger partial charge in [0.1, 0.15) is 11.6 Å². The molecule has 0 saturated carbocycles. The number of halogens is 3. The van der Waals surface area contributed by atoms with Crippen molar-refractivity contribution in [2.45, 2.75) is 45.1 Å². The highest BCUT2D eigenvalue weighted by molar-refractivity contribution is 5.94. The van der Waals surface area contributed by atoms with Crippen molar-refractivity contribution in [2.75, 3.05) is 19.0 Å². The number of furan rings is 1. The van der Waals surface area contributed by atoms with Crippen LogP contribution in [0.4, 0.5) is 19.0 Å². The van der Waals surface area contributed by atoms with Crippen molar-refractivity contribution in [3.05, 3.63) is 119 Å². The predicted octanol–water partition coefficient (Wildman–Crippen LogP) is 8.14. The first-order valence-corrected chi connectivity index (χ1v) is 14.2. The molecule has 0 fully saturated rings. The summed E-state index contributed by atoms with van der Waals surface area (Å²) in [7, 11) is 3.87. The van der Waals surface area contributed by atoms with Crippen LogP contribution in [-0.4, -0.2) is 35.1 Å². The lowest BCUT2D eigenvalue weighted by atomic mass is 9.83. The number of fused-ring (bicyclic) bond motifs is 1. The Morgan fingerprint density at radius 2 is 1.55 bits per heavy atom. The van der Waals surface area contributed by atoms with Gasteiger partial charge in [-0.25, -0.2) is 4.98 Å². The molecule has 2 heterocycles. The number of carboxylic acids is 1. The molecule has 2 aromatic heterocycles. The third-order valence-corrected chi connectivity index (χ3v) is 7.81. The lowest BCUT2D eigenvalue weighted by molar-refractivity contribution is -0.153.